The second-order valence-corrected chi connectivity index (χ2v) is 8.62. The molecule has 0 saturated carbocycles. The van der Waals surface area contributed by atoms with Crippen LogP contribution in [-0.2, 0) is 22.5 Å². The number of aromatic nitrogens is 1. The molecule has 1 aromatic heterocycles. The number of rotatable bonds is 7. The molecule has 0 aliphatic heterocycles. The first-order valence-electron chi connectivity index (χ1n) is 10.8. The average molecular weight is 448 g/mol. The van der Waals surface area contributed by atoms with Gasteiger partial charge in [-0.15, -0.1) is 0 Å². The minimum absolute atomic E-state index is 0.0440. The van der Waals surface area contributed by atoms with Crippen molar-refractivity contribution < 1.29 is 19.4 Å². The summed E-state index contributed by atoms with van der Waals surface area (Å²) < 4.78 is 5.40. The Morgan fingerprint density at radius 2 is 1.67 bits per heavy atom. The number of phenols is 1. The van der Waals surface area contributed by atoms with Crippen LogP contribution in [0.4, 0.5) is 10.5 Å². The number of nitrogens with zero attached hydrogens (tertiary/aromatic N) is 2. The van der Waals surface area contributed by atoms with E-state index in [9.17, 15) is 14.7 Å². The maximum absolute atomic E-state index is 13.8. The van der Waals surface area contributed by atoms with Gasteiger partial charge >= 0.3 is 6.09 Å². The molecule has 0 fully saturated rings. The van der Waals surface area contributed by atoms with Crippen LogP contribution >= 0.6 is 0 Å². The van der Waals surface area contributed by atoms with Gasteiger partial charge in [-0.1, -0.05) is 48.5 Å². The maximum Gasteiger partial charge on any atom is 0.408 e. The van der Waals surface area contributed by atoms with Crippen LogP contribution in [-0.4, -0.2) is 33.7 Å². The number of hydrogen-bond donors (Lipinski definition) is 2. The molecule has 172 valence electrons. The number of hydrogen-bond acceptors (Lipinski definition) is 5. The molecule has 1 heterocycles. The summed E-state index contributed by atoms with van der Waals surface area (Å²) in [6.45, 7) is 5.40. The predicted octanol–water partition coefficient (Wildman–Crippen LogP) is 4.46. The van der Waals surface area contributed by atoms with Crippen molar-refractivity contribution in [1.29, 1.82) is 0 Å². The Morgan fingerprint density at radius 1 is 1.00 bits per heavy atom. The van der Waals surface area contributed by atoms with Gasteiger partial charge in [-0.2, -0.15) is 0 Å². The molecule has 7 heteroatoms. The van der Waals surface area contributed by atoms with Gasteiger partial charge in [0.15, 0.2) is 0 Å². The summed E-state index contributed by atoms with van der Waals surface area (Å²) in [7, 11) is 0. The van der Waals surface area contributed by atoms with Gasteiger partial charge in [-0.3, -0.25) is 9.78 Å². The van der Waals surface area contributed by atoms with Crippen LogP contribution in [0.5, 0.6) is 5.75 Å². The van der Waals surface area contributed by atoms with Gasteiger partial charge < -0.3 is 20.1 Å². The van der Waals surface area contributed by atoms with Gasteiger partial charge in [0.25, 0.3) is 5.91 Å². The topological polar surface area (TPSA) is 91.8 Å². The van der Waals surface area contributed by atoms with Crippen LogP contribution in [0.3, 0.4) is 0 Å². The van der Waals surface area contributed by atoms with Crippen molar-refractivity contribution in [2.24, 2.45) is 0 Å². The van der Waals surface area contributed by atoms with Crippen LogP contribution < -0.4 is 10.2 Å². The fraction of sp³-hybridized carbons (Fsp3) is 0.269. The number of alkyl carbamates (subject to hydrolysis) is 1. The van der Waals surface area contributed by atoms with E-state index in [1.165, 1.54) is 11.0 Å². The van der Waals surface area contributed by atoms with Crippen molar-refractivity contribution in [2.75, 3.05) is 4.90 Å². The molecule has 2 aromatic carbocycles. The van der Waals surface area contributed by atoms with Crippen LogP contribution in [0.2, 0.25) is 0 Å². The van der Waals surface area contributed by atoms with Gasteiger partial charge in [0.1, 0.15) is 17.4 Å². The normalized spacial score (nSPS) is 12.0. The number of carbonyl (C=O) groups is 2. The molecule has 33 heavy (non-hydrogen) atoms. The number of para-hydroxylation sites is 2. The van der Waals surface area contributed by atoms with Crippen molar-refractivity contribution in [2.45, 2.75) is 45.4 Å². The number of ether oxygens (including phenoxy) is 1. The fourth-order valence-corrected chi connectivity index (χ4v) is 3.32. The first-order valence-corrected chi connectivity index (χ1v) is 10.8. The summed E-state index contributed by atoms with van der Waals surface area (Å²) in [5.74, 6) is -0.436. The monoisotopic (exact) mass is 447 g/mol. The Bertz CT molecular complexity index is 1070. The molecule has 0 aliphatic carbocycles. The van der Waals surface area contributed by atoms with Gasteiger partial charge in [-0.25, -0.2) is 4.79 Å². The number of phenolic OH excluding ortho intramolecular Hbond substituents is 1. The van der Waals surface area contributed by atoms with Crippen molar-refractivity contribution in [3.8, 4) is 5.75 Å². The highest BCUT2D eigenvalue weighted by atomic mass is 16.6. The van der Waals surface area contributed by atoms with E-state index in [-0.39, 0.29) is 18.7 Å². The van der Waals surface area contributed by atoms with E-state index in [0.29, 0.717) is 11.4 Å². The lowest BCUT2D eigenvalue weighted by atomic mass is 10.0. The van der Waals surface area contributed by atoms with Gasteiger partial charge in [0.05, 0.1) is 17.9 Å². The van der Waals surface area contributed by atoms with Crippen LogP contribution in [0.15, 0.2) is 79.0 Å². The zero-order valence-corrected chi connectivity index (χ0v) is 19.1. The summed E-state index contributed by atoms with van der Waals surface area (Å²) in [6.07, 6.45) is 1.21. The second kappa shape index (κ2) is 10.6. The summed E-state index contributed by atoms with van der Waals surface area (Å²) in [6, 6.07) is 20.5. The van der Waals surface area contributed by atoms with E-state index in [1.807, 2.05) is 36.4 Å². The number of amides is 2. The van der Waals surface area contributed by atoms with Crippen LogP contribution in [0.1, 0.15) is 32.0 Å². The van der Waals surface area contributed by atoms with Gasteiger partial charge in [0.2, 0.25) is 0 Å². The summed E-state index contributed by atoms with van der Waals surface area (Å²) >= 11 is 0. The molecule has 0 bridgehead atoms. The molecule has 7 nitrogen and oxygen atoms in total. The lowest BCUT2D eigenvalue weighted by Crippen LogP contribution is -2.51. The average Bonchev–Trinajstić information content (AvgIpc) is 2.77. The van der Waals surface area contributed by atoms with Gasteiger partial charge in [-0.05, 0) is 50.6 Å². The molecular weight excluding hydrogens is 418 g/mol. The predicted molar refractivity (Wildman–Crippen MR) is 127 cm³/mol. The van der Waals surface area contributed by atoms with Crippen LogP contribution in [0.25, 0.3) is 0 Å². The van der Waals surface area contributed by atoms with Crippen molar-refractivity contribution in [3.05, 3.63) is 90.3 Å². The lowest BCUT2D eigenvalue weighted by molar-refractivity contribution is -0.120. The molecule has 0 saturated heterocycles. The Balaban J connectivity index is 1.95. The molecule has 1 unspecified atom stereocenters. The first kappa shape index (κ1) is 23.8. The molecule has 0 spiro atoms. The number of benzene rings is 2. The Kier molecular flexibility index (Phi) is 7.66. The third kappa shape index (κ3) is 7.07. The number of aromatic hydroxyl groups is 1. The van der Waals surface area contributed by atoms with Crippen molar-refractivity contribution in [3.63, 3.8) is 0 Å². The zero-order valence-electron chi connectivity index (χ0n) is 19.1. The molecular formula is C26H29N3O4. The SMILES string of the molecule is CC(C)(C)OC(=O)NC(Cc1ccccc1)C(=O)N(Cc1ccccn1)c1ccccc1O. The third-order valence-electron chi connectivity index (χ3n) is 4.76. The highest BCUT2D eigenvalue weighted by Crippen LogP contribution is 2.28. The number of anilines is 1. The molecule has 0 radical (unpaired) electrons. The van der Waals surface area contributed by atoms with E-state index >= 15 is 0 Å². The highest BCUT2D eigenvalue weighted by molar-refractivity contribution is 5.99. The van der Waals surface area contributed by atoms with E-state index < -0.39 is 23.6 Å². The molecule has 0 aliphatic rings. The van der Waals surface area contributed by atoms with Gasteiger partial charge in [0, 0.05) is 12.6 Å². The van der Waals surface area contributed by atoms with E-state index in [4.69, 9.17) is 4.74 Å². The van der Waals surface area contributed by atoms with E-state index in [2.05, 4.69) is 10.3 Å². The summed E-state index contributed by atoms with van der Waals surface area (Å²) in [5.41, 5.74) is 1.14. The van der Waals surface area contributed by atoms with Crippen molar-refractivity contribution >= 4 is 17.7 Å². The largest absolute Gasteiger partial charge is 0.506 e. The zero-order chi connectivity index (χ0) is 23.8. The Labute approximate surface area is 194 Å². The summed E-state index contributed by atoms with van der Waals surface area (Å²) in [5, 5.41) is 13.2. The van der Waals surface area contributed by atoms with Crippen molar-refractivity contribution in [1.82, 2.24) is 10.3 Å². The maximum atomic E-state index is 13.8. The first-order chi connectivity index (χ1) is 15.7. The standard InChI is InChI=1S/C26H29N3O4/c1-26(2,3)33-25(32)28-21(17-19-11-5-4-6-12-19)24(31)29(18-20-13-9-10-16-27-20)22-14-7-8-15-23(22)30/h4-16,21,30H,17-18H2,1-3H3,(H,28,32). The molecule has 3 rings (SSSR count). The highest BCUT2D eigenvalue weighted by Gasteiger charge is 2.30. The second-order valence-electron chi connectivity index (χ2n) is 8.62. The minimum Gasteiger partial charge on any atom is -0.506 e. The quantitative estimate of drug-likeness (QED) is 0.558. The van der Waals surface area contributed by atoms with Crippen LogP contribution in [0, 0.1) is 0 Å². The molecule has 1 atom stereocenters. The number of pyridine rings is 1. The van der Waals surface area contributed by atoms with E-state index in [1.54, 1.807) is 57.3 Å². The molecule has 2 N–H and O–H groups in total. The summed E-state index contributed by atoms with van der Waals surface area (Å²) in [4.78, 5) is 32.2. The Hall–Kier alpha value is -3.87. The number of nitrogens with one attached hydrogen (secondary N) is 1. The molecule has 3 aromatic rings. The lowest BCUT2D eigenvalue weighted by Gasteiger charge is -2.29. The Morgan fingerprint density at radius 3 is 2.30 bits per heavy atom. The number of carbonyl (C=O) groups excluding carboxylic acids is 2. The fourth-order valence-electron chi connectivity index (χ4n) is 3.32. The molecule has 2 amide bonds. The third-order valence-corrected chi connectivity index (χ3v) is 4.76. The smallest absolute Gasteiger partial charge is 0.408 e. The minimum atomic E-state index is -0.925. The van der Waals surface area contributed by atoms with E-state index in [0.717, 1.165) is 5.56 Å².